The van der Waals surface area contributed by atoms with Gasteiger partial charge in [0.05, 0.1) is 15.1 Å². The number of allylic oxidation sites excluding steroid dienone is 1. The van der Waals surface area contributed by atoms with Gasteiger partial charge in [0.1, 0.15) is 0 Å². The van der Waals surface area contributed by atoms with Crippen LogP contribution in [0.25, 0.3) is 10.2 Å². The number of aromatic nitrogens is 1. The summed E-state index contributed by atoms with van der Waals surface area (Å²) in [6, 6.07) is 12.4. The molecule has 2 heterocycles. The van der Waals surface area contributed by atoms with Crippen molar-refractivity contribution in [2.24, 2.45) is 4.99 Å². The molecule has 1 aliphatic rings. The zero-order chi connectivity index (χ0) is 23.4. The number of fused-ring (bicyclic) bond motifs is 1. The zero-order valence-corrected chi connectivity index (χ0v) is 20.5. The summed E-state index contributed by atoms with van der Waals surface area (Å²) in [5.74, 6) is -0.395. The number of rotatable bonds is 6. The first-order valence-corrected chi connectivity index (χ1v) is 13.6. The highest BCUT2D eigenvalue weighted by Crippen LogP contribution is 2.22. The van der Waals surface area contributed by atoms with Crippen LogP contribution in [0.4, 0.5) is 0 Å². The first kappa shape index (κ1) is 23.6. The standard InChI is InChI=1S/C25H29N3O3S2/c1-3-15-28-22-14-9-19(4-2)18-23(22)32-25(28)26-24(29)20-10-12-21(13-11-20)33(30,31)27-16-7-5-6-8-17-27/h3,9-14,18H,1,4-8,15-17H2,2H3. The van der Waals surface area contributed by atoms with Crippen molar-refractivity contribution in [1.82, 2.24) is 8.87 Å². The van der Waals surface area contributed by atoms with Crippen molar-refractivity contribution in [2.45, 2.75) is 50.5 Å². The number of benzene rings is 2. The Hall–Kier alpha value is -2.55. The average Bonchev–Trinajstić information content (AvgIpc) is 2.98. The van der Waals surface area contributed by atoms with Crippen LogP contribution in [0.5, 0.6) is 0 Å². The number of hydrogen-bond donors (Lipinski definition) is 0. The van der Waals surface area contributed by atoms with Gasteiger partial charge < -0.3 is 4.57 Å². The lowest BCUT2D eigenvalue weighted by Crippen LogP contribution is -2.31. The van der Waals surface area contributed by atoms with Crippen molar-refractivity contribution in [3.63, 3.8) is 0 Å². The van der Waals surface area contributed by atoms with Gasteiger partial charge in [0.2, 0.25) is 10.0 Å². The van der Waals surface area contributed by atoms with Crippen LogP contribution in [0.2, 0.25) is 0 Å². The first-order chi connectivity index (χ1) is 15.9. The smallest absolute Gasteiger partial charge is 0.279 e. The predicted octanol–water partition coefficient (Wildman–Crippen LogP) is 4.76. The highest BCUT2D eigenvalue weighted by atomic mass is 32.2. The minimum absolute atomic E-state index is 0.219. The summed E-state index contributed by atoms with van der Waals surface area (Å²) in [6.07, 6.45) is 6.61. The lowest BCUT2D eigenvalue weighted by molar-refractivity contribution is 0.0997. The lowest BCUT2D eigenvalue weighted by Gasteiger charge is -2.19. The van der Waals surface area contributed by atoms with E-state index < -0.39 is 15.9 Å². The minimum atomic E-state index is -3.55. The van der Waals surface area contributed by atoms with Gasteiger partial charge in [-0.05, 0) is 61.2 Å². The second-order valence-electron chi connectivity index (χ2n) is 8.20. The van der Waals surface area contributed by atoms with E-state index in [0.717, 1.165) is 42.3 Å². The van der Waals surface area contributed by atoms with Crippen molar-refractivity contribution in [3.8, 4) is 0 Å². The number of nitrogens with zero attached hydrogens (tertiary/aromatic N) is 3. The van der Waals surface area contributed by atoms with E-state index in [2.05, 4.69) is 36.7 Å². The number of carbonyl (C=O) groups excluding carboxylic acids is 1. The molecule has 1 aliphatic heterocycles. The molecule has 2 aromatic carbocycles. The quantitative estimate of drug-likeness (QED) is 0.475. The fraction of sp³-hybridized carbons (Fsp3) is 0.360. The molecule has 0 radical (unpaired) electrons. The highest BCUT2D eigenvalue weighted by Gasteiger charge is 2.25. The summed E-state index contributed by atoms with van der Waals surface area (Å²) in [7, 11) is -3.55. The fourth-order valence-electron chi connectivity index (χ4n) is 4.08. The molecule has 33 heavy (non-hydrogen) atoms. The van der Waals surface area contributed by atoms with Crippen molar-refractivity contribution in [1.29, 1.82) is 0 Å². The van der Waals surface area contributed by atoms with Crippen molar-refractivity contribution in [3.05, 3.63) is 71.0 Å². The Bertz CT molecular complexity index is 1330. The lowest BCUT2D eigenvalue weighted by atomic mass is 10.2. The fourth-order valence-corrected chi connectivity index (χ4v) is 6.70. The van der Waals surface area contributed by atoms with Crippen LogP contribution in [0.1, 0.15) is 48.5 Å². The minimum Gasteiger partial charge on any atom is -0.312 e. The van der Waals surface area contributed by atoms with Crippen LogP contribution in [-0.2, 0) is 23.0 Å². The molecule has 8 heteroatoms. The van der Waals surface area contributed by atoms with Crippen molar-refractivity contribution in [2.75, 3.05) is 13.1 Å². The normalized spacial score (nSPS) is 16.1. The summed E-state index contributed by atoms with van der Waals surface area (Å²) < 4.78 is 30.6. The molecule has 0 N–H and O–H groups in total. The Morgan fingerprint density at radius 1 is 1.09 bits per heavy atom. The molecular formula is C25H29N3O3S2. The molecule has 0 spiro atoms. The number of sulfonamides is 1. The molecule has 4 rings (SSSR count). The molecule has 0 unspecified atom stereocenters. The second kappa shape index (κ2) is 10.2. The van der Waals surface area contributed by atoms with E-state index >= 15 is 0 Å². The molecule has 1 fully saturated rings. The molecular weight excluding hydrogens is 454 g/mol. The first-order valence-electron chi connectivity index (χ1n) is 11.4. The maximum Gasteiger partial charge on any atom is 0.279 e. The van der Waals surface area contributed by atoms with E-state index in [9.17, 15) is 13.2 Å². The van der Waals surface area contributed by atoms with E-state index in [1.165, 1.54) is 29.0 Å². The van der Waals surface area contributed by atoms with Gasteiger partial charge in [-0.15, -0.1) is 6.58 Å². The monoisotopic (exact) mass is 483 g/mol. The summed E-state index contributed by atoms with van der Waals surface area (Å²) in [4.78, 5) is 18.1. The molecule has 1 aromatic heterocycles. The Labute approximate surface area is 199 Å². The summed E-state index contributed by atoms with van der Waals surface area (Å²) in [5.41, 5.74) is 2.61. The number of thiazole rings is 1. The highest BCUT2D eigenvalue weighted by molar-refractivity contribution is 7.89. The summed E-state index contributed by atoms with van der Waals surface area (Å²) in [6.45, 7) is 7.58. The van der Waals surface area contributed by atoms with Crippen LogP contribution in [-0.4, -0.2) is 36.3 Å². The number of amides is 1. The van der Waals surface area contributed by atoms with Crippen LogP contribution in [0.3, 0.4) is 0 Å². The SMILES string of the molecule is C=CCn1c(=NC(=O)c2ccc(S(=O)(=O)N3CCCCCC3)cc2)sc2cc(CC)ccc21. The third-order valence-electron chi connectivity index (χ3n) is 5.97. The van der Waals surface area contributed by atoms with Crippen LogP contribution < -0.4 is 4.80 Å². The number of carbonyl (C=O) groups is 1. The molecule has 0 bridgehead atoms. The molecule has 0 saturated carbocycles. The largest absolute Gasteiger partial charge is 0.312 e. The van der Waals surface area contributed by atoms with Crippen LogP contribution >= 0.6 is 11.3 Å². The van der Waals surface area contributed by atoms with Crippen LogP contribution in [0.15, 0.2) is 65.0 Å². The predicted molar refractivity (Wildman–Crippen MR) is 133 cm³/mol. The van der Waals surface area contributed by atoms with Gasteiger partial charge in [0, 0.05) is 25.2 Å². The van der Waals surface area contributed by atoms with E-state index in [-0.39, 0.29) is 4.90 Å². The molecule has 174 valence electrons. The third kappa shape index (κ3) is 5.03. The maximum atomic E-state index is 13.0. The molecule has 6 nitrogen and oxygen atoms in total. The number of hydrogen-bond acceptors (Lipinski definition) is 4. The molecule has 3 aromatic rings. The van der Waals surface area contributed by atoms with E-state index in [1.54, 1.807) is 22.5 Å². The average molecular weight is 484 g/mol. The van der Waals surface area contributed by atoms with E-state index in [4.69, 9.17) is 0 Å². The molecule has 0 atom stereocenters. The Morgan fingerprint density at radius 2 is 1.79 bits per heavy atom. The molecule has 0 aliphatic carbocycles. The van der Waals surface area contributed by atoms with Crippen LogP contribution in [0, 0.1) is 0 Å². The molecule has 1 saturated heterocycles. The topological polar surface area (TPSA) is 71.7 Å². The van der Waals surface area contributed by atoms with E-state index in [1.807, 2.05) is 4.57 Å². The Kier molecular flexibility index (Phi) is 7.26. The van der Waals surface area contributed by atoms with Gasteiger partial charge in [0.25, 0.3) is 5.91 Å². The Morgan fingerprint density at radius 3 is 2.42 bits per heavy atom. The van der Waals surface area contributed by atoms with Gasteiger partial charge >= 0.3 is 0 Å². The van der Waals surface area contributed by atoms with E-state index in [0.29, 0.717) is 30.0 Å². The second-order valence-corrected chi connectivity index (χ2v) is 11.1. The summed E-state index contributed by atoms with van der Waals surface area (Å²) in [5, 5.41) is 0. The van der Waals surface area contributed by atoms with Crippen molar-refractivity contribution < 1.29 is 13.2 Å². The third-order valence-corrected chi connectivity index (χ3v) is 8.92. The molecule has 1 amide bonds. The van der Waals surface area contributed by atoms with Gasteiger partial charge in [-0.2, -0.15) is 9.30 Å². The number of aryl methyl sites for hydroxylation is 1. The Balaban J connectivity index is 1.64. The van der Waals surface area contributed by atoms with Gasteiger partial charge in [-0.3, -0.25) is 4.79 Å². The van der Waals surface area contributed by atoms with Gasteiger partial charge in [-0.1, -0.05) is 43.2 Å². The van der Waals surface area contributed by atoms with Gasteiger partial charge in [-0.25, -0.2) is 8.42 Å². The zero-order valence-electron chi connectivity index (χ0n) is 18.9. The summed E-state index contributed by atoms with van der Waals surface area (Å²) >= 11 is 1.47. The van der Waals surface area contributed by atoms with Gasteiger partial charge in [0.15, 0.2) is 4.80 Å². The maximum absolute atomic E-state index is 13.0. The van der Waals surface area contributed by atoms with Crippen molar-refractivity contribution >= 4 is 37.5 Å².